The Morgan fingerprint density at radius 1 is 1.38 bits per heavy atom. The maximum atomic E-state index is 12.6. The van der Waals surface area contributed by atoms with Crippen LogP contribution >= 0.6 is 11.5 Å². The maximum Gasteiger partial charge on any atom is 0.255 e. The summed E-state index contributed by atoms with van der Waals surface area (Å²) >= 11 is 1.38. The lowest BCUT2D eigenvalue weighted by atomic mass is 10.1. The van der Waals surface area contributed by atoms with Crippen molar-refractivity contribution in [2.24, 2.45) is 0 Å². The van der Waals surface area contributed by atoms with Crippen molar-refractivity contribution in [3.8, 4) is 11.5 Å². The fourth-order valence-corrected chi connectivity index (χ4v) is 3.20. The topological polar surface area (TPSA) is 69.7 Å². The number of anilines is 1. The molecule has 1 unspecified atom stereocenters. The molecule has 1 N–H and O–H groups in total. The summed E-state index contributed by atoms with van der Waals surface area (Å²) in [6.07, 6.45) is 0.821. The van der Waals surface area contributed by atoms with E-state index < -0.39 is 0 Å². The predicted molar refractivity (Wildman–Crippen MR) is 92.4 cm³/mol. The Morgan fingerprint density at radius 2 is 2.21 bits per heavy atom. The number of carbonyl (C=O) groups is 1. The summed E-state index contributed by atoms with van der Waals surface area (Å²) in [5.74, 6) is 0.956. The monoisotopic (exact) mass is 348 g/mol. The average Bonchev–Trinajstić information content (AvgIpc) is 3.20. The summed E-state index contributed by atoms with van der Waals surface area (Å²) in [6, 6.07) is 5.17. The highest BCUT2D eigenvalue weighted by molar-refractivity contribution is 7.06. The van der Waals surface area contributed by atoms with Crippen LogP contribution in [0.2, 0.25) is 0 Å². The first-order valence-corrected chi connectivity index (χ1v) is 8.52. The number of aromatic nitrogens is 1. The fraction of sp³-hybridized carbons (Fsp3) is 0.412. The summed E-state index contributed by atoms with van der Waals surface area (Å²) in [6.45, 7) is 5.06. The molecule has 0 radical (unpaired) electrons. The molecule has 1 aromatic heterocycles. The molecule has 24 heavy (non-hydrogen) atoms. The zero-order valence-corrected chi connectivity index (χ0v) is 14.7. The molecule has 0 spiro atoms. The summed E-state index contributed by atoms with van der Waals surface area (Å²) in [4.78, 5) is 13.5. The fourth-order valence-electron chi connectivity index (χ4n) is 2.54. The number of nitrogens with zero attached hydrogens (tertiary/aromatic N) is 1. The third kappa shape index (κ3) is 3.52. The van der Waals surface area contributed by atoms with E-state index in [1.165, 1.54) is 11.5 Å². The van der Waals surface area contributed by atoms with Gasteiger partial charge in [-0.2, -0.15) is 4.37 Å². The second-order valence-corrected chi connectivity index (χ2v) is 6.60. The number of ether oxygens (including phenoxy) is 3. The number of benzene rings is 1. The van der Waals surface area contributed by atoms with Crippen molar-refractivity contribution in [3.63, 3.8) is 0 Å². The highest BCUT2D eigenvalue weighted by Crippen LogP contribution is 2.31. The smallest absolute Gasteiger partial charge is 0.255 e. The predicted octanol–water partition coefficient (Wildman–Crippen LogP) is 3.19. The second kappa shape index (κ2) is 7.19. The first-order valence-electron chi connectivity index (χ1n) is 7.75. The summed E-state index contributed by atoms with van der Waals surface area (Å²) in [7, 11) is 1.58. The third-order valence-electron chi connectivity index (χ3n) is 3.88. The molecular weight excluding hydrogens is 328 g/mol. The molecule has 1 aliphatic rings. The zero-order valence-electron chi connectivity index (χ0n) is 13.9. The lowest BCUT2D eigenvalue weighted by Crippen LogP contribution is -2.17. The van der Waals surface area contributed by atoms with Gasteiger partial charge in [0.1, 0.15) is 6.10 Å². The summed E-state index contributed by atoms with van der Waals surface area (Å²) in [5, 5.41) is 2.92. The van der Waals surface area contributed by atoms with Gasteiger partial charge in [0.05, 0.1) is 31.7 Å². The van der Waals surface area contributed by atoms with E-state index in [9.17, 15) is 4.79 Å². The van der Waals surface area contributed by atoms with Crippen LogP contribution in [0.25, 0.3) is 0 Å². The number of hydrogen-bond acceptors (Lipinski definition) is 6. The maximum absolute atomic E-state index is 12.6. The largest absolute Gasteiger partial charge is 0.493 e. The molecule has 1 atom stereocenters. The summed E-state index contributed by atoms with van der Waals surface area (Å²) < 4.78 is 20.8. The molecule has 7 heteroatoms. The van der Waals surface area contributed by atoms with Crippen molar-refractivity contribution in [1.29, 1.82) is 0 Å². The molecule has 1 saturated heterocycles. The van der Waals surface area contributed by atoms with Crippen molar-refractivity contribution >= 4 is 23.1 Å². The molecule has 1 aliphatic heterocycles. The molecular formula is C17H20N2O4S. The van der Waals surface area contributed by atoms with Gasteiger partial charge >= 0.3 is 0 Å². The number of hydrogen-bond donors (Lipinski definition) is 1. The molecule has 1 fully saturated rings. The van der Waals surface area contributed by atoms with Crippen LogP contribution < -0.4 is 14.8 Å². The van der Waals surface area contributed by atoms with Gasteiger partial charge in [0.15, 0.2) is 11.5 Å². The normalized spacial score (nSPS) is 16.9. The van der Waals surface area contributed by atoms with Gasteiger partial charge in [0.2, 0.25) is 0 Å². The van der Waals surface area contributed by atoms with Gasteiger partial charge in [-0.05, 0) is 43.6 Å². The number of aryl methyl sites for hydroxylation is 2. The molecule has 0 aliphatic carbocycles. The van der Waals surface area contributed by atoms with Gasteiger partial charge < -0.3 is 19.5 Å². The van der Waals surface area contributed by atoms with E-state index in [1.807, 2.05) is 13.8 Å². The molecule has 0 saturated carbocycles. The number of nitrogens with one attached hydrogen (secondary N) is 1. The zero-order chi connectivity index (χ0) is 17.1. The Bertz CT molecular complexity index is 719. The Labute approximate surface area is 144 Å². The van der Waals surface area contributed by atoms with Crippen molar-refractivity contribution in [3.05, 3.63) is 34.3 Å². The van der Waals surface area contributed by atoms with Crippen LogP contribution in [0.3, 0.4) is 0 Å². The third-order valence-corrected chi connectivity index (χ3v) is 4.72. The van der Waals surface area contributed by atoms with E-state index in [1.54, 1.807) is 25.3 Å². The van der Waals surface area contributed by atoms with Crippen molar-refractivity contribution in [2.75, 3.05) is 25.6 Å². The van der Waals surface area contributed by atoms with E-state index in [0.29, 0.717) is 30.3 Å². The molecule has 6 nitrogen and oxygen atoms in total. The van der Waals surface area contributed by atoms with Crippen LogP contribution in [-0.2, 0) is 4.74 Å². The SMILES string of the molecule is COc1ccc(C(=O)Nc2c(C)nsc2C)cc1OC1CCOC1. The molecule has 2 aromatic rings. The molecule has 0 bridgehead atoms. The van der Waals surface area contributed by atoms with Gasteiger partial charge in [0, 0.05) is 16.9 Å². The Balaban J connectivity index is 1.81. The minimum absolute atomic E-state index is 0.0113. The van der Waals surface area contributed by atoms with Gasteiger partial charge in [-0.1, -0.05) is 0 Å². The van der Waals surface area contributed by atoms with Crippen LogP contribution in [0.5, 0.6) is 11.5 Å². The molecule has 1 amide bonds. The molecule has 2 heterocycles. The van der Waals surface area contributed by atoms with Crippen LogP contribution in [0, 0.1) is 13.8 Å². The minimum Gasteiger partial charge on any atom is -0.493 e. The highest BCUT2D eigenvalue weighted by atomic mass is 32.1. The standard InChI is InChI=1S/C17H20N2O4S/c1-10-16(11(2)24-19-10)18-17(20)12-4-5-14(21-3)15(8-12)23-13-6-7-22-9-13/h4-5,8,13H,6-7,9H2,1-3H3,(H,18,20). The van der Waals surface area contributed by atoms with Crippen LogP contribution in [0.1, 0.15) is 27.3 Å². The quantitative estimate of drug-likeness (QED) is 0.899. The lowest BCUT2D eigenvalue weighted by Gasteiger charge is -2.16. The van der Waals surface area contributed by atoms with Gasteiger partial charge in [0.25, 0.3) is 5.91 Å². The van der Waals surface area contributed by atoms with Crippen molar-refractivity contribution < 1.29 is 19.0 Å². The van der Waals surface area contributed by atoms with E-state index in [2.05, 4.69) is 9.69 Å². The Hall–Kier alpha value is -2.12. The van der Waals surface area contributed by atoms with Gasteiger partial charge in [-0.3, -0.25) is 4.79 Å². The average molecular weight is 348 g/mol. The number of carbonyl (C=O) groups excluding carboxylic acids is 1. The summed E-state index contributed by atoms with van der Waals surface area (Å²) in [5.41, 5.74) is 2.10. The van der Waals surface area contributed by atoms with Crippen LogP contribution in [-0.4, -0.2) is 36.7 Å². The Morgan fingerprint density at radius 3 is 2.83 bits per heavy atom. The highest BCUT2D eigenvalue weighted by Gasteiger charge is 2.20. The molecule has 128 valence electrons. The van der Waals surface area contributed by atoms with E-state index in [4.69, 9.17) is 14.2 Å². The van der Waals surface area contributed by atoms with Crippen molar-refractivity contribution in [1.82, 2.24) is 4.37 Å². The van der Waals surface area contributed by atoms with Gasteiger partial charge in [-0.25, -0.2) is 0 Å². The first kappa shape index (κ1) is 16.7. The van der Waals surface area contributed by atoms with E-state index in [-0.39, 0.29) is 12.0 Å². The number of rotatable bonds is 5. The molecule has 3 rings (SSSR count). The van der Waals surface area contributed by atoms with Gasteiger partial charge in [-0.15, -0.1) is 0 Å². The molecule has 1 aromatic carbocycles. The first-order chi connectivity index (χ1) is 11.6. The number of methoxy groups -OCH3 is 1. The van der Waals surface area contributed by atoms with Crippen LogP contribution in [0.15, 0.2) is 18.2 Å². The lowest BCUT2D eigenvalue weighted by molar-refractivity contribution is 0.102. The van der Waals surface area contributed by atoms with E-state index in [0.717, 1.165) is 22.7 Å². The van der Waals surface area contributed by atoms with Crippen molar-refractivity contribution in [2.45, 2.75) is 26.4 Å². The van der Waals surface area contributed by atoms with Crippen LogP contribution in [0.4, 0.5) is 5.69 Å². The number of amides is 1. The Kier molecular flexibility index (Phi) is 5.01. The second-order valence-electron chi connectivity index (χ2n) is 5.62. The minimum atomic E-state index is -0.198. The van der Waals surface area contributed by atoms with E-state index >= 15 is 0 Å².